The third-order valence-electron chi connectivity index (χ3n) is 2.48. The third-order valence-corrected chi connectivity index (χ3v) is 3.12. The van der Waals surface area contributed by atoms with Gasteiger partial charge in [-0.2, -0.15) is 11.8 Å². The van der Waals surface area contributed by atoms with Gasteiger partial charge >= 0.3 is 5.97 Å². The molecule has 20 heavy (non-hydrogen) atoms. The lowest BCUT2D eigenvalue weighted by Crippen LogP contribution is -2.41. The van der Waals surface area contributed by atoms with Crippen LogP contribution in [-0.2, 0) is 14.4 Å². The zero-order valence-electron chi connectivity index (χ0n) is 11.6. The summed E-state index contributed by atoms with van der Waals surface area (Å²) in [6, 6.07) is -0.910. The van der Waals surface area contributed by atoms with Gasteiger partial charge in [0, 0.05) is 26.0 Å². The molecule has 0 aromatic heterocycles. The first-order valence-electron chi connectivity index (χ1n) is 6.40. The van der Waals surface area contributed by atoms with E-state index in [0.29, 0.717) is 25.1 Å². The first kappa shape index (κ1) is 18.7. The van der Waals surface area contributed by atoms with Gasteiger partial charge in [0.15, 0.2) is 0 Å². The molecule has 1 atom stereocenters. The zero-order chi connectivity index (χ0) is 15.4. The molecule has 0 bridgehead atoms. The normalized spacial score (nSPS) is 11.7. The molecule has 0 aliphatic rings. The SMILES string of the molecule is CSCCC(NC(=O)CCC(=O)NCCCO)C(=O)O. The van der Waals surface area contributed by atoms with Crippen LogP contribution in [0.3, 0.4) is 0 Å². The van der Waals surface area contributed by atoms with Crippen LogP contribution >= 0.6 is 11.8 Å². The number of rotatable bonds is 11. The molecular formula is C12H22N2O5S. The van der Waals surface area contributed by atoms with E-state index in [1.807, 2.05) is 6.26 Å². The highest BCUT2D eigenvalue weighted by atomic mass is 32.2. The predicted molar refractivity (Wildman–Crippen MR) is 76.5 cm³/mol. The van der Waals surface area contributed by atoms with Crippen LogP contribution in [0, 0.1) is 0 Å². The van der Waals surface area contributed by atoms with Gasteiger partial charge in [-0.3, -0.25) is 9.59 Å². The van der Waals surface area contributed by atoms with Crippen molar-refractivity contribution in [3.8, 4) is 0 Å². The number of amides is 2. The molecule has 0 rings (SSSR count). The lowest BCUT2D eigenvalue weighted by molar-refractivity contribution is -0.141. The van der Waals surface area contributed by atoms with E-state index in [-0.39, 0.29) is 25.4 Å². The number of thioether (sulfide) groups is 1. The summed E-state index contributed by atoms with van der Waals surface area (Å²) in [5, 5.41) is 22.4. The van der Waals surface area contributed by atoms with E-state index >= 15 is 0 Å². The van der Waals surface area contributed by atoms with Gasteiger partial charge < -0.3 is 20.8 Å². The fourth-order valence-corrected chi connectivity index (χ4v) is 1.85. The standard InChI is InChI=1S/C12H22N2O5S/c1-20-8-5-9(12(18)19)14-11(17)4-3-10(16)13-6-2-7-15/h9,15H,2-8H2,1H3,(H,13,16)(H,14,17)(H,18,19). The molecule has 0 aromatic rings. The number of carboxylic acids is 1. The largest absolute Gasteiger partial charge is 0.480 e. The Morgan fingerprint density at radius 2 is 1.85 bits per heavy atom. The fourth-order valence-electron chi connectivity index (χ4n) is 1.38. The van der Waals surface area contributed by atoms with Crippen LogP contribution in [0.2, 0.25) is 0 Å². The summed E-state index contributed by atoms with van der Waals surface area (Å²) in [6.07, 6.45) is 2.64. The minimum atomic E-state index is -1.07. The van der Waals surface area contributed by atoms with E-state index in [4.69, 9.17) is 10.2 Å². The van der Waals surface area contributed by atoms with Crippen LogP contribution in [-0.4, -0.2) is 59.2 Å². The number of aliphatic hydroxyl groups is 1. The van der Waals surface area contributed by atoms with Crippen molar-refractivity contribution in [1.29, 1.82) is 0 Å². The molecule has 2 amide bonds. The lowest BCUT2D eigenvalue weighted by Gasteiger charge is -2.13. The summed E-state index contributed by atoms with van der Waals surface area (Å²) in [5.74, 6) is -1.17. The van der Waals surface area contributed by atoms with Gasteiger partial charge in [0.25, 0.3) is 0 Å². The van der Waals surface area contributed by atoms with Crippen LogP contribution in [0.4, 0.5) is 0 Å². The number of carbonyl (C=O) groups excluding carboxylic acids is 2. The average molecular weight is 306 g/mol. The van der Waals surface area contributed by atoms with Crippen molar-refractivity contribution < 1.29 is 24.6 Å². The number of aliphatic carboxylic acids is 1. The molecule has 1 unspecified atom stereocenters. The highest BCUT2D eigenvalue weighted by Gasteiger charge is 2.19. The number of aliphatic hydroxyl groups excluding tert-OH is 1. The maximum Gasteiger partial charge on any atom is 0.326 e. The van der Waals surface area contributed by atoms with Crippen molar-refractivity contribution >= 4 is 29.5 Å². The first-order valence-corrected chi connectivity index (χ1v) is 7.79. The van der Waals surface area contributed by atoms with Crippen LogP contribution in [0.15, 0.2) is 0 Å². The van der Waals surface area contributed by atoms with Gasteiger partial charge in [-0.15, -0.1) is 0 Å². The molecule has 0 aliphatic heterocycles. The molecule has 116 valence electrons. The second kappa shape index (κ2) is 11.5. The molecule has 0 aromatic carbocycles. The molecule has 4 N–H and O–H groups in total. The van der Waals surface area contributed by atoms with E-state index in [1.54, 1.807) is 0 Å². The topological polar surface area (TPSA) is 116 Å². The van der Waals surface area contributed by atoms with Gasteiger partial charge in [0.1, 0.15) is 6.04 Å². The Balaban J connectivity index is 3.95. The Morgan fingerprint density at radius 3 is 2.40 bits per heavy atom. The summed E-state index contributed by atoms with van der Waals surface area (Å²) < 4.78 is 0. The molecule has 7 nitrogen and oxygen atoms in total. The quantitative estimate of drug-likeness (QED) is 0.386. The average Bonchev–Trinajstić information content (AvgIpc) is 2.41. The van der Waals surface area contributed by atoms with E-state index in [0.717, 1.165) is 0 Å². The van der Waals surface area contributed by atoms with Crippen LogP contribution in [0.25, 0.3) is 0 Å². The van der Waals surface area contributed by atoms with Crippen molar-refractivity contribution in [3.63, 3.8) is 0 Å². The smallest absolute Gasteiger partial charge is 0.326 e. The van der Waals surface area contributed by atoms with E-state index < -0.39 is 17.9 Å². The maximum absolute atomic E-state index is 11.6. The molecule has 0 saturated heterocycles. The van der Waals surface area contributed by atoms with Crippen molar-refractivity contribution in [2.45, 2.75) is 31.7 Å². The summed E-state index contributed by atoms with van der Waals surface area (Å²) in [5.41, 5.74) is 0. The number of carboxylic acid groups (broad SMARTS) is 1. The van der Waals surface area contributed by atoms with Crippen LogP contribution in [0.1, 0.15) is 25.7 Å². The molecule has 0 spiro atoms. The van der Waals surface area contributed by atoms with Gasteiger partial charge in [-0.1, -0.05) is 0 Å². The van der Waals surface area contributed by atoms with Gasteiger partial charge in [0.2, 0.25) is 11.8 Å². The Kier molecular flexibility index (Phi) is 10.8. The second-order valence-electron chi connectivity index (χ2n) is 4.17. The predicted octanol–water partition coefficient (Wildman–Crippen LogP) is -0.412. The Labute approximate surface area is 122 Å². The summed E-state index contributed by atoms with van der Waals surface area (Å²) in [6.45, 7) is 0.360. The Hall–Kier alpha value is -1.28. The molecule has 0 heterocycles. The molecular weight excluding hydrogens is 284 g/mol. The second-order valence-corrected chi connectivity index (χ2v) is 5.15. The summed E-state index contributed by atoms with van der Waals surface area (Å²) in [7, 11) is 0. The fraction of sp³-hybridized carbons (Fsp3) is 0.750. The van der Waals surface area contributed by atoms with Crippen molar-refractivity contribution in [1.82, 2.24) is 10.6 Å². The number of hydrogen-bond acceptors (Lipinski definition) is 5. The van der Waals surface area contributed by atoms with E-state index in [9.17, 15) is 14.4 Å². The zero-order valence-corrected chi connectivity index (χ0v) is 12.4. The molecule has 0 saturated carbocycles. The highest BCUT2D eigenvalue weighted by Crippen LogP contribution is 2.02. The molecule has 0 aliphatic carbocycles. The summed E-state index contributed by atoms with van der Waals surface area (Å²) in [4.78, 5) is 33.8. The molecule has 0 fully saturated rings. The number of nitrogens with one attached hydrogen (secondary N) is 2. The van der Waals surface area contributed by atoms with E-state index in [2.05, 4.69) is 10.6 Å². The summed E-state index contributed by atoms with van der Waals surface area (Å²) >= 11 is 1.50. The van der Waals surface area contributed by atoms with Crippen LogP contribution < -0.4 is 10.6 Å². The number of hydrogen-bond donors (Lipinski definition) is 4. The monoisotopic (exact) mass is 306 g/mol. The Morgan fingerprint density at radius 1 is 1.20 bits per heavy atom. The van der Waals surface area contributed by atoms with Gasteiger partial charge in [-0.05, 0) is 24.9 Å². The first-order chi connectivity index (χ1) is 9.51. The maximum atomic E-state index is 11.6. The lowest BCUT2D eigenvalue weighted by atomic mass is 10.2. The van der Waals surface area contributed by atoms with Gasteiger partial charge in [-0.25, -0.2) is 4.79 Å². The molecule has 8 heteroatoms. The van der Waals surface area contributed by atoms with E-state index in [1.165, 1.54) is 11.8 Å². The highest BCUT2D eigenvalue weighted by molar-refractivity contribution is 7.98. The minimum Gasteiger partial charge on any atom is -0.480 e. The van der Waals surface area contributed by atoms with Gasteiger partial charge in [0.05, 0.1) is 0 Å². The van der Waals surface area contributed by atoms with Crippen LogP contribution in [0.5, 0.6) is 0 Å². The number of carbonyl (C=O) groups is 3. The third kappa shape index (κ3) is 9.62. The van der Waals surface area contributed by atoms with Crippen molar-refractivity contribution in [2.75, 3.05) is 25.2 Å². The Bertz CT molecular complexity index is 325. The molecule has 0 radical (unpaired) electrons. The van der Waals surface area contributed by atoms with Crippen molar-refractivity contribution in [2.24, 2.45) is 0 Å². The minimum absolute atomic E-state index is 0.00347. The van der Waals surface area contributed by atoms with Crippen molar-refractivity contribution in [3.05, 3.63) is 0 Å².